The predicted octanol–water partition coefficient (Wildman–Crippen LogP) is 1.37. The van der Waals surface area contributed by atoms with Gasteiger partial charge in [0.2, 0.25) is 5.91 Å². The highest BCUT2D eigenvalue weighted by atomic mass is 16.2. The second-order valence-corrected chi connectivity index (χ2v) is 5.88. The minimum Gasteiger partial charge on any atom is -0.354 e. The number of amides is 1. The van der Waals surface area contributed by atoms with Crippen LogP contribution in [0.3, 0.4) is 0 Å². The average Bonchev–Trinajstić information content (AvgIpc) is 2.32. The Morgan fingerprint density at radius 3 is 2.65 bits per heavy atom. The Kier molecular flexibility index (Phi) is 5.30. The van der Waals surface area contributed by atoms with Gasteiger partial charge in [0.1, 0.15) is 6.04 Å². The molecule has 2 N–H and O–H groups in total. The molecule has 20 heavy (non-hydrogen) atoms. The number of carbonyl (C=O) groups excluding carboxylic acids is 1. The van der Waals surface area contributed by atoms with E-state index in [9.17, 15) is 9.59 Å². The number of nitrogens with zero attached hydrogens (tertiary/aromatic N) is 2. The smallest absolute Gasteiger partial charge is 0.293 e. The molecule has 1 atom stereocenters. The molecule has 0 bridgehead atoms. The van der Waals surface area contributed by atoms with E-state index in [2.05, 4.69) is 15.6 Å². The minimum atomic E-state index is -0.521. The summed E-state index contributed by atoms with van der Waals surface area (Å²) in [6.45, 7) is 10.1. The van der Waals surface area contributed by atoms with Crippen molar-refractivity contribution >= 4 is 11.7 Å². The molecule has 0 saturated heterocycles. The van der Waals surface area contributed by atoms with Crippen LogP contribution in [0.4, 0.5) is 5.82 Å². The van der Waals surface area contributed by atoms with Crippen molar-refractivity contribution in [2.75, 3.05) is 5.32 Å². The van der Waals surface area contributed by atoms with Crippen molar-refractivity contribution < 1.29 is 4.79 Å². The molecule has 0 saturated carbocycles. The zero-order valence-corrected chi connectivity index (χ0v) is 12.9. The summed E-state index contributed by atoms with van der Waals surface area (Å²) in [5.41, 5.74) is -0.510. The first kappa shape index (κ1) is 16.2. The molecule has 0 aliphatic heterocycles. The second-order valence-electron chi connectivity index (χ2n) is 5.88. The number of nitrogens with one attached hydrogen (secondary N) is 2. The van der Waals surface area contributed by atoms with Gasteiger partial charge in [-0.1, -0.05) is 6.92 Å². The number of hydrogen-bond acceptors (Lipinski definition) is 4. The van der Waals surface area contributed by atoms with Crippen LogP contribution in [0.2, 0.25) is 0 Å². The Hall–Kier alpha value is -1.85. The number of aryl methyl sites for hydroxylation is 1. The second kappa shape index (κ2) is 6.54. The number of carbonyl (C=O) groups is 1. The molecule has 6 nitrogen and oxygen atoms in total. The third-order valence-electron chi connectivity index (χ3n) is 2.62. The molecule has 0 aliphatic carbocycles. The Bertz CT molecular complexity index is 517. The standard InChI is InChI=1S/C14H24N4O2/c1-6-8-18-9-7-15-11(13(18)20)16-10(2)12(19)17-14(3,4)5/h7,9-10H,6,8H2,1-5H3,(H,15,16)(H,17,19). The molecule has 0 spiro atoms. The summed E-state index contributed by atoms with van der Waals surface area (Å²) in [4.78, 5) is 28.1. The van der Waals surface area contributed by atoms with Gasteiger partial charge in [-0.25, -0.2) is 4.98 Å². The molecule has 0 radical (unpaired) electrons. The lowest BCUT2D eigenvalue weighted by molar-refractivity contribution is -0.122. The van der Waals surface area contributed by atoms with E-state index in [0.717, 1.165) is 6.42 Å². The van der Waals surface area contributed by atoms with Crippen molar-refractivity contribution in [3.05, 3.63) is 22.7 Å². The molecular weight excluding hydrogens is 256 g/mol. The highest BCUT2D eigenvalue weighted by molar-refractivity contribution is 5.84. The van der Waals surface area contributed by atoms with Crippen molar-refractivity contribution in [1.29, 1.82) is 0 Å². The molecule has 1 rings (SSSR count). The summed E-state index contributed by atoms with van der Waals surface area (Å²) in [5, 5.41) is 5.74. The quantitative estimate of drug-likeness (QED) is 0.854. The van der Waals surface area contributed by atoms with E-state index in [0.29, 0.717) is 6.54 Å². The van der Waals surface area contributed by atoms with Crippen LogP contribution in [0.15, 0.2) is 17.2 Å². The molecule has 0 aliphatic rings. The van der Waals surface area contributed by atoms with Gasteiger partial charge in [-0.3, -0.25) is 9.59 Å². The van der Waals surface area contributed by atoms with Crippen LogP contribution in [0.5, 0.6) is 0 Å². The molecular formula is C14H24N4O2. The maximum absolute atomic E-state index is 12.1. The number of aromatic nitrogens is 2. The van der Waals surface area contributed by atoms with Crippen LogP contribution < -0.4 is 16.2 Å². The fraction of sp³-hybridized carbons (Fsp3) is 0.643. The van der Waals surface area contributed by atoms with Crippen molar-refractivity contribution in [3.63, 3.8) is 0 Å². The van der Waals surface area contributed by atoms with Crippen LogP contribution >= 0.6 is 0 Å². The highest BCUT2D eigenvalue weighted by Gasteiger charge is 2.20. The van der Waals surface area contributed by atoms with Crippen molar-refractivity contribution in [2.45, 2.75) is 59.2 Å². The largest absolute Gasteiger partial charge is 0.354 e. The fourth-order valence-electron chi connectivity index (χ4n) is 1.71. The zero-order valence-electron chi connectivity index (χ0n) is 12.9. The van der Waals surface area contributed by atoms with E-state index >= 15 is 0 Å². The maximum atomic E-state index is 12.1. The molecule has 1 heterocycles. The number of hydrogen-bond donors (Lipinski definition) is 2. The fourth-order valence-corrected chi connectivity index (χ4v) is 1.71. The Morgan fingerprint density at radius 2 is 2.10 bits per heavy atom. The molecule has 1 aromatic rings. The Balaban J connectivity index is 2.81. The highest BCUT2D eigenvalue weighted by Crippen LogP contribution is 2.02. The van der Waals surface area contributed by atoms with E-state index in [4.69, 9.17) is 0 Å². The van der Waals surface area contributed by atoms with Gasteiger partial charge < -0.3 is 15.2 Å². The van der Waals surface area contributed by atoms with Gasteiger partial charge in [0.15, 0.2) is 5.82 Å². The van der Waals surface area contributed by atoms with E-state index in [1.54, 1.807) is 23.9 Å². The first-order valence-corrected chi connectivity index (χ1v) is 6.88. The molecule has 1 aromatic heterocycles. The first-order chi connectivity index (χ1) is 9.24. The van der Waals surface area contributed by atoms with E-state index in [-0.39, 0.29) is 22.8 Å². The third kappa shape index (κ3) is 4.68. The van der Waals surface area contributed by atoms with Crippen molar-refractivity contribution in [1.82, 2.24) is 14.9 Å². The average molecular weight is 280 g/mol. The van der Waals surface area contributed by atoms with Gasteiger partial charge in [0.25, 0.3) is 5.56 Å². The Labute approximate surface area is 119 Å². The lowest BCUT2D eigenvalue weighted by Crippen LogP contribution is -2.47. The number of rotatable bonds is 5. The monoisotopic (exact) mass is 280 g/mol. The van der Waals surface area contributed by atoms with E-state index in [1.807, 2.05) is 27.7 Å². The SMILES string of the molecule is CCCn1ccnc(NC(C)C(=O)NC(C)(C)C)c1=O. The molecule has 1 unspecified atom stereocenters. The molecule has 0 fully saturated rings. The lowest BCUT2D eigenvalue weighted by Gasteiger charge is -2.23. The summed E-state index contributed by atoms with van der Waals surface area (Å²) in [6, 6.07) is -0.521. The first-order valence-electron chi connectivity index (χ1n) is 6.88. The van der Waals surface area contributed by atoms with Gasteiger partial charge in [0, 0.05) is 24.5 Å². The van der Waals surface area contributed by atoms with Gasteiger partial charge in [-0.05, 0) is 34.1 Å². The summed E-state index contributed by atoms with van der Waals surface area (Å²) in [7, 11) is 0. The van der Waals surface area contributed by atoms with Gasteiger partial charge in [0.05, 0.1) is 0 Å². The van der Waals surface area contributed by atoms with Crippen molar-refractivity contribution in [3.8, 4) is 0 Å². The molecule has 112 valence electrons. The summed E-state index contributed by atoms with van der Waals surface area (Å²) < 4.78 is 1.59. The van der Waals surface area contributed by atoms with Gasteiger partial charge >= 0.3 is 0 Å². The van der Waals surface area contributed by atoms with Crippen LogP contribution in [-0.4, -0.2) is 27.0 Å². The Morgan fingerprint density at radius 1 is 1.45 bits per heavy atom. The number of anilines is 1. The zero-order chi connectivity index (χ0) is 15.3. The van der Waals surface area contributed by atoms with E-state index in [1.165, 1.54) is 0 Å². The maximum Gasteiger partial charge on any atom is 0.293 e. The summed E-state index contributed by atoms with van der Waals surface area (Å²) >= 11 is 0. The lowest BCUT2D eigenvalue weighted by atomic mass is 10.1. The van der Waals surface area contributed by atoms with Crippen LogP contribution in [0.1, 0.15) is 41.0 Å². The molecule has 1 amide bonds. The summed E-state index contributed by atoms with van der Waals surface area (Å²) in [6.07, 6.45) is 4.08. The minimum absolute atomic E-state index is 0.162. The predicted molar refractivity (Wildman–Crippen MR) is 79.8 cm³/mol. The third-order valence-corrected chi connectivity index (χ3v) is 2.62. The van der Waals surface area contributed by atoms with Crippen LogP contribution in [0, 0.1) is 0 Å². The normalized spacial score (nSPS) is 12.8. The van der Waals surface area contributed by atoms with Gasteiger partial charge in [-0.2, -0.15) is 0 Å². The summed E-state index contributed by atoms with van der Waals surface area (Å²) in [5.74, 6) is 0.0436. The topological polar surface area (TPSA) is 76.0 Å². The van der Waals surface area contributed by atoms with Crippen LogP contribution in [-0.2, 0) is 11.3 Å². The van der Waals surface area contributed by atoms with Crippen LogP contribution in [0.25, 0.3) is 0 Å². The van der Waals surface area contributed by atoms with Gasteiger partial charge in [-0.15, -0.1) is 0 Å². The van der Waals surface area contributed by atoms with Crippen molar-refractivity contribution in [2.24, 2.45) is 0 Å². The van der Waals surface area contributed by atoms with E-state index < -0.39 is 6.04 Å². The molecule has 0 aromatic carbocycles. The molecule has 6 heteroatoms.